The summed E-state index contributed by atoms with van der Waals surface area (Å²) in [6, 6.07) is 0. The minimum atomic E-state index is -0.792. The molecule has 0 saturated carbocycles. The summed E-state index contributed by atoms with van der Waals surface area (Å²) in [5.74, 6) is -0.928. The zero-order chi connectivity index (χ0) is 46.5. The quantitative estimate of drug-likeness (QED) is 0.0199. The second-order valence-electron chi connectivity index (χ2n) is 17.9. The Bertz CT molecular complexity index is 1210. The number of carbonyl (C=O) groups excluding carboxylic acids is 3. The summed E-state index contributed by atoms with van der Waals surface area (Å²) < 4.78 is 16.8. The summed E-state index contributed by atoms with van der Waals surface area (Å²) in [6.45, 7) is 6.54. The van der Waals surface area contributed by atoms with Crippen LogP contribution in [0.15, 0.2) is 72.9 Å². The van der Waals surface area contributed by atoms with Gasteiger partial charge in [0.1, 0.15) is 13.2 Å². The first-order valence-corrected chi connectivity index (χ1v) is 27.0. The highest BCUT2D eigenvalue weighted by Crippen LogP contribution is 2.14. The van der Waals surface area contributed by atoms with E-state index in [0.717, 1.165) is 103 Å². The lowest BCUT2D eigenvalue weighted by atomic mass is 10.1. The van der Waals surface area contributed by atoms with Gasteiger partial charge in [-0.15, -0.1) is 0 Å². The Morgan fingerprint density at radius 3 is 0.953 bits per heavy atom. The van der Waals surface area contributed by atoms with Crippen LogP contribution in [0.25, 0.3) is 0 Å². The third-order valence-electron chi connectivity index (χ3n) is 11.5. The highest BCUT2D eigenvalue weighted by atomic mass is 16.6. The molecule has 1 unspecified atom stereocenters. The number of hydrogen-bond donors (Lipinski definition) is 0. The number of esters is 3. The van der Waals surface area contributed by atoms with Crippen molar-refractivity contribution in [1.29, 1.82) is 0 Å². The summed E-state index contributed by atoms with van der Waals surface area (Å²) in [4.78, 5) is 38.0. The number of unbranched alkanes of at least 4 members (excludes halogenated alkanes) is 28. The van der Waals surface area contributed by atoms with Gasteiger partial charge in [-0.05, 0) is 96.3 Å². The highest BCUT2D eigenvalue weighted by Gasteiger charge is 2.19. The third-order valence-corrected chi connectivity index (χ3v) is 11.5. The van der Waals surface area contributed by atoms with Crippen LogP contribution in [-0.2, 0) is 28.6 Å². The summed E-state index contributed by atoms with van der Waals surface area (Å²) in [5, 5.41) is 0. The SMILES string of the molecule is CCCCC\C=C/C=C\C=C/C=C\CCCCCCCC(=O)OCC(COC(=O)CCCCCCC/C=C\CCCCC)OC(=O)CCCCCCC/C=C\CCCCCCCCC. The molecular weight excluding hydrogens is 793 g/mol. The van der Waals surface area contributed by atoms with Gasteiger partial charge in [0, 0.05) is 19.3 Å². The van der Waals surface area contributed by atoms with E-state index in [1.54, 1.807) is 0 Å². The molecule has 6 nitrogen and oxygen atoms in total. The molecule has 0 radical (unpaired) electrons. The second-order valence-corrected chi connectivity index (χ2v) is 17.9. The van der Waals surface area contributed by atoms with Gasteiger partial charge >= 0.3 is 17.9 Å². The van der Waals surface area contributed by atoms with E-state index in [1.807, 2.05) is 0 Å². The van der Waals surface area contributed by atoms with Crippen LogP contribution in [-0.4, -0.2) is 37.2 Å². The molecule has 0 fully saturated rings. The maximum absolute atomic E-state index is 12.8. The Morgan fingerprint density at radius 2 is 0.578 bits per heavy atom. The molecule has 0 heterocycles. The number of ether oxygens (including phenoxy) is 3. The topological polar surface area (TPSA) is 78.9 Å². The molecule has 1 atom stereocenters. The van der Waals surface area contributed by atoms with Crippen molar-refractivity contribution in [2.24, 2.45) is 0 Å². The Labute approximate surface area is 395 Å². The lowest BCUT2D eigenvalue weighted by molar-refractivity contribution is -0.167. The molecule has 64 heavy (non-hydrogen) atoms. The number of hydrogen-bond acceptors (Lipinski definition) is 6. The summed E-state index contributed by atoms with van der Waals surface area (Å²) in [7, 11) is 0. The normalized spacial score (nSPS) is 12.6. The summed E-state index contributed by atoms with van der Waals surface area (Å²) in [6.07, 6.45) is 65.9. The molecule has 0 aliphatic rings. The van der Waals surface area contributed by atoms with Crippen LogP contribution >= 0.6 is 0 Å². The lowest BCUT2D eigenvalue weighted by Gasteiger charge is -2.18. The van der Waals surface area contributed by atoms with Crippen molar-refractivity contribution in [2.75, 3.05) is 13.2 Å². The Hall–Kier alpha value is -3.15. The first kappa shape index (κ1) is 60.9. The van der Waals surface area contributed by atoms with E-state index >= 15 is 0 Å². The van der Waals surface area contributed by atoms with Crippen molar-refractivity contribution in [3.63, 3.8) is 0 Å². The zero-order valence-corrected chi connectivity index (χ0v) is 42.0. The monoisotopic (exact) mass is 893 g/mol. The van der Waals surface area contributed by atoms with Gasteiger partial charge < -0.3 is 14.2 Å². The highest BCUT2D eigenvalue weighted by molar-refractivity contribution is 5.71. The maximum atomic E-state index is 12.8. The summed E-state index contributed by atoms with van der Waals surface area (Å²) in [5.41, 5.74) is 0. The van der Waals surface area contributed by atoms with Gasteiger partial charge in [-0.25, -0.2) is 0 Å². The van der Waals surface area contributed by atoms with Crippen molar-refractivity contribution in [3.8, 4) is 0 Å². The largest absolute Gasteiger partial charge is 0.462 e. The van der Waals surface area contributed by atoms with Gasteiger partial charge in [-0.3, -0.25) is 14.4 Å². The average Bonchev–Trinajstić information content (AvgIpc) is 3.29. The summed E-state index contributed by atoms with van der Waals surface area (Å²) >= 11 is 0. The lowest BCUT2D eigenvalue weighted by Crippen LogP contribution is -2.30. The van der Waals surface area contributed by atoms with Gasteiger partial charge in [-0.2, -0.15) is 0 Å². The van der Waals surface area contributed by atoms with Gasteiger partial charge in [0.25, 0.3) is 0 Å². The van der Waals surface area contributed by atoms with E-state index in [0.29, 0.717) is 19.3 Å². The molecule has 0 aromatic heterocycles. The molecule has 6 heteroatoms. The second kappa shape index (κ2) is 52.5. The number of rotatable bonds is 48. The van der Waals surface area contributed by atoms with E-state index in [4.69, 9.17) is 14.2 Å². The van der Waals surface area contributed by atoms with Crippen molar-refractivity contribution in [2.45, 2.75) is 264 Å². The van der Waals surface area contributed by atoms with E-state index in [-0.39, 0.29) is 31.1 Å². The van der Waals surface area contributed by atoms with Gasteiger partial charge in [0.2, 0.25) is 0 Å². The van der Waals surface area contributed by atoms with Crippen LogP contribution < -0.4 is 0 Å². The minimum Gasteiger partial charge on any atom is -0.462 e. The smallest absolute Gasteiger partial charge is 0.306 e. The molecule has 0 N–H and O–H groups in total. The fourth-order valence-electron chi connectivity index (χ4n) is 7.38. The van der Waals surface area contributed by atoms with Crippen molar-refractivity contribution >= 4 is 17.9 Å². The van der Waals surface area contributed by atoms with E-state index < -0.39 is 6.10 Å². The van der Waals surface area contributed by atoms with Crippen LogP contribution in [0.2, 0.25) is 0 Å². The molecular formula is C58H100O6. The molecule has 0 aliphatic heterocycles. The fraction of sp³-hybridized carbons (Fsp3) is 0.741. The van der Waals surface area contributed by atoms with Crippen LogP contribution in [0.1, 0.15) is 258 Å². The Balaban J connectivity index is 4.44. The molecule has 0 aliphatic carbocycles. The van der Waals surface area contributed by atoms with E-state index in [1.165, 1.54) is 116 Å². The van der Waals surface area contributed by atoms with Crippen LogP contribution in [0, 0.1) is 0 Å². The van der Waals surface area contributed by atoms with Crippen LogP contribution in [0.4, 0.5) is 0 Å². The Morgan fingerprint density at radius 1 is 0.312 bits per heavy atom. The van der Waals surface area contributed by atoms with E-state index in [2.05, 4.69) is 93.7 Å². The standard InChI is InChI=1S/C58H100O6/c1-4-7-10-13-16-19-22-25-27-29-30-32-33-36-39-42-45-48-51-57(60)63-54-55(53-62-56(59)50-47-44-41-38-35-24-21-18-15-12-9-6-3)64-58(61)52-49-46-43-40-37-34-31-28-26-23-20-17-14-11-8-5-2/h16,18-19,21-22,25,27-32,55H,4-15,17,20,23-24,26,33-54H2,1-3H3/b19-16-,21-18-,25-22-,29-27-,31-28-,32-30-. The molecule has 368 valence electrons. The predicted molar refractivity (Wildman–Crippen MR) is 274 cm³/mol. The van der Waals surface area contributed by atoms with Crippen molar-refractivity contribution in [1.82, 2.24) is 0 Å². The van der Waals surface area contributed by atoms with Crippen molar-refractivity contribution < 1.29 is 28.6 Å². The number of carbonyl (C=O) groups is 3. The molecule has 0 aromatic carbocycles. The van der Waals surface area contributed by atoms with Crippen LogP contribution in [0.5, 0.6) is 0 Å². The average molecular weight is 893 g/mol. The molecule has 0 aromatic rings. The predicted octanol–water partition coefficient (Wildman–Crippen LogP) is 17.8. The van der Waals surface area contributed by atoms with Crippen LogP contribution in [0.3, 0.4) is 0 Å². The molecule has 0 rings (SSSR count). The minimum absolute atomic E-state index is 0.0909. The maximum Gasteiger partial charge on any atom is 0.306 e. The molecule has 0 spiro atoms. The van der Waals surface area contributed by atoms with Gasteiger partial charge in [0.05, 0.1) is 0 Å². The molecule has 0 amide bonds. The fourth-order valence-corrected chi connectivity index (χ4v) is 7.38. The first-order chi connectivity index (χ1) is 31.5. The molecule has 0 bridgehead atoms. The van der Waals surface area contributed by atoms with Gasteiger partial charge in [-0.1, -0.05) is 216 Å². The third kappa shape index (κ3) is 49.9. The van der Waals surface area contributed by atoms with E-state index in [9.17, 15) is 14.4 Å². The first-order valence-electron chi connectivity index (χ1n) is 27.0. The zero-order valence-electron chi connectivity index (χ0n) is 42.0. The van der Waals surface area contributed by atoms with Gasteiger partial charge in [0.15, 0.2) is 6.10 Å². The van der Waals surface area contributed by atoms with Crippen molar-refractivity contribution in [3.05, 3.63) is 72.9 Å². The Kier molecular flexibility index (Phi) is 49.9. The molecule has 0 saturated heterocycles. The number of allylic oxidation sites excluding steroid dienone is 12.